The highest BCUT2D eigenvalue weighted by Gasteiger charge is 2.30. The lowest BCUT2D eigenvalue weighted by Gasteiger charge is -2.21. The van der Waals surface area contributed by atoms with Crippen molar-refractivity contribution in [3.63, 3.8) is 0 Å². The zero-order valence-electron chi connectivity index (χ0n) is 59.9. The molecule has 0 aliphatic heterocycles. The Morgan fingerprint density at radius 2 is 0.581 bits per heavy atom. The molecular weight excluding hydrogens is 1220 g/mol. The Morgan fingerprint density at radius 3 is 0.882 bits per heavy atom. The number of unbranched alkanes of at least 4 members (excludes halogenated alkanes) is 41. The van der Waals surface area contributed by atoms with E-state index in [4.69, 9.17) is 37.0 Å². The van der Waals surface area contributed by atoms with Crippen LogP contribution in [0.2, 0.25) is 0 Å². The summed E-state index contributed by atoms with van der Waals surface area (Å²) in [5, 5.41) is 10.6. The van der Waals surface area contributed by atoms with Crippen LogP contribution in [0.1, 0.15) is 362 Å². The molecule has 93 heavy (non-hydrogen) atoms. The lowest BCUT2D eigenvalue weighted by Crippen LogP contribution is -2.30. The number of carbonyl (C=O) groups is 4. The molecule has 0 rings (SSSR count). The predicted octanol–water partition coefficient (Wildman–Crippen LogP) is 21.2. The topological polar surface area (TPSA) is 237 Å². The lowest BCUT2D eigenvalue weighted by atomic mass is 10.0. The Labute approximate surface area is 567 Å². The van der Waals surface area contributed by atoms with Crippen LogP contribution in [0, 0.1) is 5.92 Å². The smallest absolute Gasteiger partial charge is 0.462 e. The van der Waals surface area contributed by atoms with Crippen LogP contribution in [0.15, 0.2) is 24.3 Å². The summed E-state index contributed by atoms with van der Waals surface area (Å²) >= 11 is 0. The van der Waals surface area contributed by atoms with Crippen molar-refractivity contribution in [1.29, 1.82) is 0 Å². The van der Waals surface area contributed by atoms with Gasteiger partial charge in [-0.1, -0.05) is 309 Å². The summed E-state index contributed by atoms with van der Waals surface area (Å²) < 4.78 is 68.3. The van der Waals surface area contributed by atoms with E-state index in [2.05, 4.69) is 58.9 Å². The van der Waals surface area contributed by atoms with Gasteiger partial charge < -0.3 is 33.8 Å². The minimum Gasteiger partial charge on any atom is -0.462 e. The number of hydrogen-bond donors (Lipinski definition) is 3. The molecule has 0 heterocycles. The largest absolute Gasteiger partial charge is 0.472 e. The Balaban J connectivity index is 5.25. The summed E-state index contributed by atoms with van der Waals surface area (Å²) in [4.78, 5) is 72.6. The van der Waals surface area contributed by atoms with Crippen molar-refractivity contribution in [3.8, 4) is 0 Å². The molecule has 19 heteroatoms. The standard InChI is InChI=1S/C74H140O17P2/c1-6-9-12-15-18-21-24-26-28-29-30-32-34-36-39-44-49-54-59-73(78)90-69(63-85-72(77)58-53-48-43-38-35-33-31-27-25-22-19-16-13-10-7-2)65-88-92(80,81)86-61-68(75)62-87-93(82,83)89-66-70(91-74(79)60-55-50-45-40-41-46-51-56-67(4)5)64-84-71(76)57-52-47-42-37-23-20-17-14-11-8-3/h22,25,27,31,67-70,75H,6-21,23-24,26,28-30,32-66H2,1-5H3,(H,80,81)(H,82,83)/b25-22-,31-27-/t68-,69-,70-/m1/s1. The van der Waals surface area contributed by atoms with E-state index in [1.165, 1.54) is 167 Å². The van der Waals surface area contributed by atoms with E-state index in [0.717, 1.165) is 109 Å². The van der Waals surface area contributed by atoms with Crippen LogP contribution in [-0.2, 0) is 65.4 Å². The maximum atomic E-state index is 13.1. The fourth-order valence-electron chi connectivity index (χ4n) is 10.8. The summed E-state index contributed by atoms with van der Waals surface area (Å²) in [5.41, 5.74) is 0. The van der Waals surface area contributed by atoms with Crippen LogP contribution >= 0.6 is 15.6 Å². The number of aliphatic hydroxyl groups is 1. The van der Waals surface area contributed by atoms with Crippen molar-refractivity contribution in [1.82, 2.24) is 0 Å². The molecule has 0 radical (unpaired) electrons. The normalized spacial score (nSPS) is 14.2. The van der Waals surface area contributed by atoms with Gasteiger partial charge in [0.2, 0.25) is 0 Å². The molecule has 0 aromatic heterocycles. The molecule has 0 saturated heterocycles. The summed E-state index contributed by atoms with van der Waals surface area (Å²) in [6, 6.07) is 0. The number of esters is 4. The van der Waals surface area contributed by atoms with Crippen LogP contribution in [0.25, 0.3) is 0 Å². The molecule has 0 aliphatic rings. The Bertz CT molecular complexity index is 1880. The maximum absolute atomic E-state index is 13.1. The average Bonchev–Trinajstić information content (AvgIpc) is 3.73. The van der Waals surface area contributed by atoms with Crippen molar-refractivity contribution in [2.45, 2.75) is 380 Å². The summed E-state index contributed by atoms with van der Waals surface area (Å²) in [7, 11) is -9.91. The number of hydrogen-bond acceptors (Lipinski definition) is 15. The van der Waals surface area contributed by atoms with Crippen molar-refractivity contribution in [3.05, 3.63) is 24.3 Å². The van der Waals surface area contributed by atoms with Gasteiger partial charge in [0, 0.05) is 25.7 Å². The van der Waals surface area contributed by atoms with Gasteiger partial charge in [0.05, 0.1) is 26.4 Å². The molecule has 5 atom stereocenters. The Kier molecular flexibility index (Phi) is 65.0. The van der Waals surface area contributed by atoms with Crippen molar-refractivity contribution < 1.29 is 80.2 Å². The second kappa shape index (κ2) is 66.8. The number of rotatable bonds is 72. The molecule has 0 fully saturated rings. The van der Waals surface area contributed by atoms with Crippen LogP contribution in [-0.4, -0.2) is 96.7 Å². The number of carbonyl (C=O) groups excluding carboxylic acids is 4. The molecule has 0 aliphatic carbocycles. The first-order chi connectivity index (χ1) is 45.0. The van der Waals surface area contributed by atoms with E-state index in [-0.39, 0.29) is 25.7 Å². The van der Waals surface area contributed by atoms with Gasteiger partial charge in [-0.25, -0.2) is 9.13 Å². The van der Waals surface area contributed by atoms with Crippen LogP contribution in [0.5, 0.6) is 0 Å². The van der Waals surface area contributed by atoms with Gasteiger partial charge in [-0.05, 0) is 57.3 Å². The molecule has 0 aromatic carbocycles. The predicted molar refractivity (Wildman–Crippen MR) is 377 cm³/mol. The zero-order chi connectivity index (χ0) is 68.4. The molecule has 0 bridgehead atoms. The SMILES string of the molecule is CCCCCC/C=C\C=C/CCCCCCCC(=O)OC[C@H](COP(=O)(O)OC[C@@H](O)COP(=O)(O)OC[C@@H](COC(=O)CCCCCCCCCCCC)OC(=O)CCCCCCCCCC(C)C)OC(=O)CCCCCCCCCCCCCCCCCCCC. The fraction of sp³-hybridized carbons (Fsp3) is 0.892. The highest BCUT2D eigenvalue weighted by Crippen LogP contribution is 2.45. The number of ether oxygens (including phenoxy) is 4. The first kappa shape index (κ1) is 90.5. The van der Waals surface area contributed by atoms with Gasteiger partial charge in [-0.2, -0.15) is 0 Å². The molecule has 548 valence electrons. The van der Waals surface area contributed by atoms with E-state index >= 15 is 0 Å². The molecule has 0 saturated carbocycles. The summed E-state index contributed by atoms with van der Waals surface area (Å²) in [5.74, 6) is -1.46. The van der Waals surface area contributed by atoms with Crippen molar-refractivity contribution in [2.24, 2.45) is 5.92 Å². The van der Waals surface area contributed by atoms with E-state index in [1.807, 2.05) is 0 Å². The molecule has 2 unspecified atom stereocenters. The number of phosphoric acid groups is 2. The van der Waals surface area contributed by atoms with Crippen molar-refractivity contribution >= 4 is 39.5 Å². The average molecular weight is 1360 g/mol. The van der Waals surface area contributed by atoms with Crippen LogP contribution < -0.4 is 0 Å². The van der Waals surface area contributed by atoms with Crippen LogP contribution in [0.3, 0.4) is 0 Å². The molecule has 3 N–H and O–H groups in total. The summed E-state index contributed by atoms with van der Waals surface area (Å²) in [6.45, 7) is 7.14. The van der Waals surface area contributed by atoms with Gasteiger partial charge >= 0.3 is 39.5 Å². The maximum Gasteiger partial charge on any atom is 0.472 e. The Hall–Kier alpha value is -2.46. The number of aliphatic hydroxyl groups excluding tert-OH is 1. The number of phosphoric ester groups is 2. The first-order valence-corrected chi connectivity index (χ1v) is 40.9. The highest BCUT2D eigenvalue weighted by atomic mass is 31.2. The third kappa shape index (κ3) is 67.9. The van der Waals surface area contributed by atoms with Gasteiger partial charge in [-0.3, -0.25) is 37.3 Å². The number of allylic oxidation sites excluding steroid dienone is 4. The van der Waals surface area contributed by atoms with E-state index < -0.39 is 97.5 Å². The molecule has 0 spiro atoms. The third-order valence-corrected chi connectivity index (χ3v) is 18.6. The highest BCUT2D eigenvalue weighted by molar-refractivity contribution is 7.47. The molecule has 17 nitrogen and oxygen atoms in total. The Morgan fingerprint density at radius 1 is 0.333 bits per heavy atom. The van der Waals surface area contributed by atoms with Gasteiger partial charge in [0.15, 0.2) is 12.2 Å². The second-order valence-corrected chi connectivity index (χ2v) is 29.4. The van der Waals surface area contributed by atoms with E-state index in [9.17, 15) is 43.2 Å². The van der Waals surface area contributed by atoms with E-state index in [1.54, 1.807) is 0 Å². The molecule has 0 aromatic rings. The minimum atomic E-state index is -4.96. The van der Waals surface area contributed by atoms with Gasteiger partial charge in [0.1, 0.15) is 19.3 Å². The third-order valence-electron chi connectivity index (χ3n) is 16.7. The van der Waals surface area contributed by atoms with Gasteiger partial charge in [0.25, 0.3) is 0 Å². The van der Waals surface area contributed by atoms with Crippen LogP contribution in [0.4, 0.5) is 0 Å². The zero-order valence-corrected chi connectivity index (χ0v) is 61.7. The fourth-order valence-corrected chi connectivity index (χ4v) is 12.4. The monoisotopic (exact) mass is 1360 g/mol. The second-order valence-electron chi connectivity index (χ2n) is 26.5. The quantitative estimate of drug-likeness (QED) is 0.0169. The first-order valence-electron chi connectivity index (χ1n) is 38.0. The summed E-state index contributed by atoms with van der Waals surface area (Å²) in [6.07, 6.45) is 57.8. The molecule has 0 amide bonds. The van der Waals surface area contributed by atoms with E-state index in [0.29, 0.717) is 31.6 Å². The molecular formula is C74H140O17P2. The van der Waals surface area contributed by atoms with Gasteiger partial charge in [-0.15, -0.1) is 0 Å². The minimum absolute atomic E-state index is 0.102. The lowest BCUT2D eigenvalue weighted by molar-refractivity contribution is -0.161. The van der Waals surface area contributed by atoms with Crippen molar-refractivity contribution in [2.75, 3.05) is 39.6 Å².